The predicted octanol–water partition coefficient (Wildman–Crippen LogP) is 3.60. The van der Waals surface area contributed by atoms with Gasteiger partial charge in [0.05, 0.1) is 0 Å². The molecular weight excluding hydrogens is 294 g/mol. The van der Waals surface area contributed by atoms with Crippen molar-refractivity contribution in [2.45, 2.75) is 44.7 Å². The van der Waals surface area contributed by atoms with E-state index in [2.05, 4.69) is 34.2 Å². The van der Waals surface area contributed by atoms with E-state index in [1.54, 1.807) is 0 Å². The number of benzene rings is 1. The van der Waals surface area contributed by atoms with E-state index in [0.29, 0.717) is 12.3 Å². The molecule has 1 heterocycles. The van der Waals surface area contributed by atoms with Gasteiger partial charge in [-0.3, -0.25) is 0 Å². The number of hydrogen-bond acceptors (Lipinski definition) is 3. The van der Waals surface area contributed by atoms with Gasteiger partial charge in [0.1, 0.15) is 0 Å². The molecule has 3 rings (SSSR count). The highest BCUT2D eigenvalue weighted by molar-refractivity contribution is 9.10. The lowest BCUT2D eigenvalue weighted by molar-refractivity contribution is 0.174. The molecule has 0 amide bonds. The highest BCUT2D eigenvalue weighted by atomic mass is 79.9. The molecule has 0 unspecified atom stereocenters. The molecule has 1 aliphatic heterocycles. The Balaban J connectivity index is 1.73. The van der Waals surface area contributed by atoms with Gasteiger partial charge in [-0.15, -0.1) is 0 Å². The second kappa shape index (κ2) is 4.74. The molecule has 18 heavy (non-hydrogen) atoms. The smallest absolute Gasteiger partial charge is 0.231 e. The minimum atomic E-state index is 0.301. The van der Waals surface area contributed by atoms with Gasteiger partial charge in [0.2, 0.25) is 6.79 Å². The van der Waals surface area contributed by atoms with Crippen molar-refractivity contribution in [1.29, 1.82) is 0 Å². The highest BCUT2D eigenvalue weighted by Gasteiger charge is 2.28. The van der Waals surface area contributed by atoms with Crippen LogP contribution in [0.25, 0.3) is 0 Å². The maximum Gasteiger partial charge on any atom is 0.231 e. The monoisotopic (exact) mass is 311 g/mol. The minimum Gasteiger partial charge on any atom is -0.454 e. The number of nitrogens with one attached hydrogen (secondary N) is 1. The zero-order valence-electron chi connectivity index (χ0n) is 10.6. The Morgan fingerprint density at radius 3 is 2.61 bits per heavy atom. The average molecular weight is 312 g/mol. The summed E-state index contributed by atoms with van der Waals surface area (Å²) in [5, 5.41) is 3.68. The molecule has 1 saturated carbocycles. The molecule has 98 valence electrons. The van der Waals surface area contributed by atoms with Crippen molar-refractivity contribution in [3.63, 3.8) is 0 Å². The first-order chi connectivity index (χ1) is 8.66. The predicted molar refractivity (Wildman–Crippen MR) is 74.0 cm³/mol. The third-order valence-corrected chi connectivity index (χ3v) is 4.69. The summed E-state index contributed by atoms with van der Waals surface area (Å²) in [5.74, 6) is 1.68. The molecule has 1 fully saturated rings. The molecule has 0 saturated heterocycles. The Hall–Kier alpha value is -0.740. The molecule has 0 atom stereocenters. The highest BCUT2D eigenvalue weighted by Crippen LogP contribution is 2.37. The number of ether oxygens (including phenoxy) is 2. The quantitative estimate of drug-likeness (QED) is 0.925. The lowest BCUT2D eigenvalue weighted by Gasteiger charge is -2.25. The van der Waals surface area contributed by atoms with E-state index in [1.165, 1.54) is 31.2 Å². The molecule has 1 aromatic rings. The molecule has 3 nitrogen and oxygen atoms in total. The van der Waals surface area contributed by atoms with E-state index in [9.17, 15) is 0 Å². The minimum absolute atomic E-state index is 0.301. The third kappa shape index (κ3) is 2.36. The molecule has 0 bridgehead atoms. The van der Waals surface area contributed by atoms with E-state index in [1.807, 2.05) is 6.07 Å². The van der Waals surface area contributed by atoms with Gasteiger partial charge in [0.25, 0.3) is 0 Å². The Morgan fingerprint density at radius 1 is 1.22 bits per heavy atom. The van der Waals surface area contributed by atoms with Crippen LogP contribution in [0, 0.1) is 0 Å². The first-order valence-electron chi connectivity index (χ1n) is 6.49. The van der Waals surface area contributed by atoms with Crippen molar-refractivity contribution >= 4 is 15.9 Å². The maximum absolute atomic E-state index is 5.42. The fourth-order valence-electron chi connectivity index (χ4n) is 2.74. The third-order valence-electron chi connectivity index (χ3n) is 3.95. The largest absolute Gasteiger partial charge is 0.454 e. The summed E-state index contributed by atoms with van der Waals surface area (Å²) in [5.41, 5.74) is 1.53. The van der Waals surface area contributed by atoms with Crippen LogP contribution >= 0.6 is 15.9 Å². The van der Waals surface area contributed by atoms with Crippen molar-refractivity contribution in [2.24, 2.45) is 0 Å². The van der Waals surface area contributed by atoms with E-state index < -0.39 is 0 Å². The maximum atomic E-state index is 5.42. The Morgan fingerprint density at radius 2 is 1.89 bits per heavy atom. The fourth-order valence-corrected chi connectivity index (χ4v) is 3.20. The van der Waals surface area contributed by atoms with Gasteiger partial charge >= 0.3 is 0 Å². The summed E-state index contributed by atoms with van der Waals surface area (Å²) in [6.07, 6.45) is 5.22. The second-order valence-electron chi connectivity index (χ2n) is 5.42. The Bertz CT molecular complexity index is 455. The number of halogens is 1. The topological polar surface area (TPSA) is 30.5 Å². The first-order valence-corrected chi connectivity index (χ1v) is 7.29. The average Bonchev–Trinajstić information content (AvgIpc) is 2.95. The molecule has 4 heteroatoms. The van der Waals surface area contributed by atoms with E-state index in [0.717, 1.165) is 22.5 Å². The SMILES string of the molecule is CC1(NCc2cc3c(cc2Br)OCO3)CCCC1. The summed E-state index contributed by atoms with van der Waals surface area (Å²) in [4.78, 5) is 0. The standard InChI is InChI=1S/C14H18BrNO2/c1-14(4-2-3-5-14)16-8-10-6-12-13(7-11(10)15)18-9-17-12/h6-7,16H,2-5,8-9H2,1H3. The van der Waals surface area contributed by atoms with Crippen LogP contribution in [-0.4, -0.2) is 12.3 Å². The van der Waals surface area contributed by atoms with Gasteiger partial charge in [0, 0.05) is 16.6 Å². The van der Waals surface area contributed by atoms with Crippen molar-refractivity contribution in [3.05, 3.63) is 22.2 Å². The van der Waals surface area contributed by atoms with Crippen LogP contribution in [0.5, 0.6) is 11.5 Å². The van der Waals surface area contributed by atoms with Crippen LogP contribution < -0.4 is 14.8 Å². The number of rotatable bonds is 3. The summed E-state index contributed by atoms with van der Waals surface area (Å²) in [7, 11) is 0. The molecule has 1 N–H and O–H groups in total. The molecule has 1 aliphatic carbocycles. The van der Waals surface area contributed by atoms with Crippen molar-refractivity contribution in [1.82, 2.24) is 5.32 Å². The molecule has 0 aromatic heterocycles. The van der Waals surface area contributed by atoms with Gasteiger partial charge in [0.15, 0.2) is 11.5 Å². The van der Waals surface area contributed by atoms with Crippen molar-refractivity contribution in [3.8, 4) is 11.5 Å². The van der Waals surface area contributed by atoms with E-state index >= 15 is 0 Å². The van der Waals surface area contributed by atoms with Gasteiger partial charge in [-0.05, 0) is 37.5 Å². The number of hydrogen-bond donors (Lipinski definition) is 1. The van der Waals surface area contributed by atoms with Crippen LogP contribution in [0.1, 0.15) is 38.2 Å². The van der Waals surface area contributed by atoms with Gasteiger partial charge in [-0.1, -0.05) is 28.8 Å². The van der Waals surface area contributed by atoms with Gasteiger partial charge < -0.3 is 14.8 Å². The fraction of sp³-hybridized carbons (Fsp3) is 0.571. The molecule has 0 spiro atoms. The van der Waals surface area contributed by atoms with Crippen LogP contribution in [0.2, 0.25) is 0 Å². The summed E-state index contributed by atoms with van der Waals surface area (Å²) in [6, 6.07) is 4.06. The molecular formula is C14H18BrNO2. The Kier molecular flexibility index (Phi) is 3.24. The van der Waals surface area contributed by atoms with Crippen LogP contribution in [-0.2, 0) is 6.54 Å². The van der Waals surface area contributed by atoms with Crippen molar-refractivity contribution in [2.75, 3.05) is 6.79 Å². The van der Waals surface area contributed by atoms with E-state index in [-0.39, 0.29) is 0 Å². The first kappa shape index (κ1) is 12.3. The van der Waals surface area contributed by atoms with Gasteiger partial charge in [-0.25, -0.2) is 0 Å². The lowest BCUT2D eigenvalue weighted by Crippen LogP contribution is -2.38. The molecule has 2 aliphatic rings. The number of fused-ring (bicyclic) bond motifs is 1. The Labute approximate surface area is 116 Å². The second-order valence-corrected chi connectivity index (χ2v) is 6.27. The van der Waals surface area contributed by atoms with Crippen LogP contribution in [0.15, 0.2) is 16.6 Å². The summed E-state index contributed by atoms with van der Waals surface area (Å²) < 4.78 is 11.9. The lowest BCUT2D eigenvalue weighted by atomic mass is 10.0. The van der Waals surface area contributed by atoms with Gasteiger partial charge in [-0.2, -0.15) is 0 Å². The zero-order valence-corrected chi connectivity index (χ0v) is 12.2. The van der Waals surface area contributed by atoms with Crippen LogP contribution in [0.4, 0.5) is 0 Å². The normalized spacial score (nSPS) is 20.3. The van der Waals surface area contributed by atoms with E-state index in [4.69, 9.17) is 9.47 Å². The summed E-state index contributed by atoms with van der Waals surface area (Å²) in [6.45, 7) is 3.52. The molecule has 0 radical (unpaired) electrons. The van der Waals surface area contributed by atoms with Crippen molar-refractivity contribution < 1.29 is 9.47 Å². The summed E-state index contributed by atoms with van der Waals surface area (Å²) >= 11 is 3.60. The van der Waals surface area contributed by atoms with Crippen LogP contribution in [0.3, 0.4) is 0 Å². The molecule has 1 aromatic carbocycles. The zero-order chi connectivity index (χ0) is 12.6.